The molecule has 2 rings (SSSR count). The molecular weight excluding hydrogens is 332 g/mol. The third-order valence-corrected chi connectivity index (χ3v) is 3.33. The molecule has 1 aromatic heterocycles. The lowest BCUT2D eigenvalue weighted by Crippen LogP contribution is -2.31. The van der Waals surface area contributed by atoms with Gasteiger partial charge in [-0.1, -0.05) is 35.8 Å². The molecule has 1 N–H and O–H groups in total. The molecule has 1 unspecified atom stereocenters. The molecule has 2 aromatic rings. The van der Waals surface area contributed by atoms with Crippen molar-refractivity contribution in [2.24, 2.45) is 0 Å². The summed E-state index contributed by atoms with van der Waals surface area (Å²) < 4.78 is 10.0. The van der Waals surface area contributed by atoms with E-state index in [9.17, 15) is 9.59 Å². The predicted molar refractivity (Wildman–Crippen MR) is 90.5 cm³/mol. The van der Waals surface area contributed by atoms with E-state index in [0.29, 0.717) is 17.2 Å². The van der Waals surface area contributed by atoms with Gasteiger partial charge in [-0.2, -0.15) is 0 Å². The molecule has 0 radical (unpaired) electrons. The largest absolute Gasteiger partial charge is 0.449 e. The zero-order chi connectivity index (χ0) is 17.5. The summed E-state index contributed by atoms with van der Waals surface area (Å²) in [5.41, 5.74) is 0.798. The van der Waals surface area contributed by atoms with Crippen molar-refractivity contribution in [1.29, 1.82) is 0 Å². The lowest BCUT2D eigenvalue weighted by Gasteiger charge is -2.13. The highest BCUT2D eigenvalue weighted by Gasteiger charge is 2.21. The van der Waals surface area contributed by atoms with E-state index >= 15 is 0 Å². The maximum Gasteiger partial charge on any atom is 0.331 e. The van der Waals surface area contributed by atoms with E-state index in [1.54, 1.807) is 50.3 Å². The SMILES string of the molecule is CCC(OC(=O)/C=C/c1ccc(Cl)cc1)C(=O)Nc1cc(C)on1. The van der Waals surface area contributed by atoms with Crippen molar-refractivity contribution < 1.29 is 18.8 Å². The highest BCUT2D eigenvalue weighted by molar-refractivity contribution is 6.30. The average molecular weight is 349 g/mol. The number of hydrogen-bond acceptors (Lipinski definition) is 5. The van der Waals surface area contributed by atoms with Gasteiger partial charge in [0.2, 0.25) is 0 Å². The van der Waals surface area contributed by atoms with Gasteiger partial charge in [0.1, 0.15) is 5.76 Å². The summed E-state index contributed by atoms with van der Waals surface area (Å²) in [4.78, 5) is 24.0. The summed E-state index contributed by atoms with van der Waals surface area (Å²) in [5.74, 6) is -0.215. The van der Waals surface area contributed by atoms with E-state index in [1.807, 2.05) is 0 Å². The van der Waals surface area contributed by atoms with Crippen molar-refractivity contribution in [2.45, 2.75) is 26.4 Å². The number of esters is 1. The van der Waals surface area contributed by atoms with Crippen molar-refractivity contribution in [3.05, 3.63) is 52.8 Å². The Morgan fingerprint density at radius 1 is 1.38 bits per heavy atom. The van der Waals surface area contributed by atoms with E-state index < -0.39 is 18.0 Å². The smallest absolute Gasteiger partial charge is 0.331 e. The molecule has 1 atom stereocenters. The van der Waals surface area contributed by atoms with Gasteiger partial charge in [0.05, 0.1) is 0 Å². The van der Waals surface area contributed by atoms with Crippen molar-refractivity contribution >= 4 is 35.4 Å². The number of nitrogens with zero attached hydrogens (tertiary/aromatic N) is 1. The second kappa shape index (κ2) is 8.31. The number of carbonyl (C=O) groups excluding carboxylic acids is 2. The molecule has 0 saturated heterocycles. The minimum absolute atomic E-state index is 0.281. The molecule has 0 spiro atoms. The normalized spacial score (nSPS) is 12.1. The van der Waals surface area contributed by atoms with Crippen molar-refractivity contribution in [1.82, 2.24) is 5.16 Å². The van der Waals surface area contributed by atoms with Crippen LogP contribution >= 0.6 is 11.6 Å². The number of nitrogens with one attached hydrogen (secondary N) is 1. The van der Waals surface area contributed by atoms with Crippen LogP contribution in [-0.2, 0) is 14.3 Å². The number of anilines is 1. The quantitative estimate of drug-likeness (QED) is 0.637. The van der Waals surface area contributed by atoms with E-state index in [4.69, 9.17) is 20.9 Å². The van der Waals surface area contributed by atoms with Crippen molar-refractivity contribution in [3.8, 4) is 0 Å². The fraction of sp³-hybridized carbons (Fsp3) is 0.235. The number of rotatable bonds is 6. The van der Waals surface area contributed by atoms with Gasteiger partial charge >= 0.3 is 5.97 Å². The van der Waals surface area contributed by atoms with E-state index in [2.05, 4.69) is 10.5 Å². The van der Waals surface area contributed by atoms with Crippen molar-refractivity contribution in [2.75, 3.05) is 5.32 Å². The second-order valence-electron chi connectivity index (χ2n) is 5.03. The number of carbonyl (C=O) groups is 2. The first-order valence-electron chi connectivity index (χ1n) is 7.36. The fourth-order valence-corrected chi connectivity index (χ4v) is 2.00. The summed E-state index contributed by atoms with van der Waals surface area (Å²) in [5, 5.41) is 6.81. The number of hydrogen-bond donors (Lipinski definition) is 1. The Hall–Kier alpha value is -2.60. The molecule has 0 aliphatic carbocycles. The number of halogens is 1. The Morgan fingerprint density at radius 3 is 2.67 bits per heavy atom. The monoisotopic (exact) mass is 348 g/mol. The number of aryl methyl sites for hydroxylation is 1. The van der Waals surface area contributed by atoms with Gasteiger partial charge in [-0.25, -0.2) is 4.79 Å². The van der Waals surface area contributed by atoms with Crippen LogP contribution in [0.1, 0.15) is 24.7 Å². The molecule has 0 aliphatic heterocycles. The van der Waals surface area contributed by atoms with Crippen molar-refractivity contribution in [3.63, 3.8) is 0 Å². The highest BCUT2D eigenvalue weighted by atomic mass is 35.5. The Labute approximate surface area is 144 Å². The van der Waals surface area contributed by atoms with Crippen LogP contribution in [-0.4, -0.2) is 23.1 Å². The van der Waals surface area contributed by atoms with Gasteiger partial charge in [0.15, 0.2) is 11.9 Å². The van der Waals surface area contributed by atoms with Gasteiger partial charge in [-0.05, 0) is 37.1 Å². The van der Waals surface area contributed by atoms with Gasteiger partial charge in [-0.15, -0.1) is 0 Å². The number of ether oxygens (including phenoxy) is 1. The molecule has 0 aliphatic rings. The third kappa shape index (κ3) is 5.24. The molecule has 0 saturated carbocycles. The average Bonchev–Trinajstić information content (AvgIpc) is 2.96. The van der Waals surface area contributed by atoms with Crippen LogP contribution in [0.25, 0.3) is 6.08 Å². The lowest BCUT2D eigenvalue weighted by atomic mass is 10.2. The third-order valence-electron chi connectivity index (χ3n) is 3.08. The molecule has 24 heavy (non-hydrogen) atoms. The van der Waals surface area contributed by atoms with E-state index in [0.717, 1.165) is 5.56 Å². The Balaban J connectivity index is 1.92. The standard InChI is InChI=1S/C17H17ClN2O4/c1-3-14(17(22)19-15-10-11(2)24-20-15)23-16(21)9-6-12-4-7-13(18)8-5-12/h4-10,14H,3H2,1-2H3,(H,19,20,22)/b9-6+. The predicted octanol–water partition coefficient (Wildman–Crippen LogP) is 3.61. The highest BCUT2D eigenvalue weighted by Crippen LogP contribution is 2.12. The Kier molecular flexibility index (Phi) is 6.14. The summed E-state index contributed by atoms with van der Waals surface area (Å²) >= 11 is 5.79. The van der Waals surface area contributed by atoms with Crippen LogP contribution in [0.4, 0.5) is 5.82 Å². The Bertz CT molecular complexity index is 737. The molecule has 1 aromatic carbocycles. The molecule has 6 nitrogen and oxygen atoms in total. The molecule has 1 heterocycles. The summed E-state index contributed by atoms with van der Waals surface area (Å²) in [6.07, 6.45) is 2.27. The van der Waals surface area contributed by atoms with Crippen LogP contribution in [0.15, 0.2) is 40.9 Å². The zero-order valence-corrected chi connectivity index (χ0v) is 14.0. The van der Waals surface area contributed by atoms with Crippen LogP contribution in [0.5, 0.6) is 0 Å². The first kappa shape index (κ1) is 17.7. The van der Waals surface area contributed by atoms with Gasteiger partial charge in [0.25, 0.3) is 5.91 Å². The minimum atomic E-state index is -0.913. The maximum atomic E-state index is 12.1. The Morgan fingerprint density at radius 2 is 2.08 bits per heavy atom. The topological polar surface area (TPSA) is 81.4 Å². The van der Waals surface area contributed by atoms with Gasteiger partial charge in [0, 0.05) is 17.2 Å². The molecule has 0 bridgehead atoms. The van der Waals surface area contributed by atoms with E-state index in [1.165, 1.54) is 6.08 Å². The molecule has 1 amide bonds. The molecular formula is C17H17ClN2O4. The first-order valence-corrected chi connectivity index (χ1v) is 7.74. The first-order chi connectivity index (χ1) is 11.5. The number of aromatic nitrogens is 1. The second-order valence-corrected chi connectivity index (χ2v) is 5.47. The van der Waals surface area contributed by atoms with Crippen LogP contribution in [0, 0.1) is 6.92 Å². The van der Waals surface area contributed by atoms with Crippen LogP contribution < -0.4 is 5.32 Å². The van der Waals surface area contributed by atoms with Gasteiger partial charge < -0.3 is 14.6 Å². The minimum Gasteiger partial charge on any atom is -0.449 e. The summed E-state index contributed by atoms with van der Waals surface area (Å²) in [6, 6.07) is 8.54. The summed E-state index contributed by atoms with van der Waals surface area (Å²) in [6.45, 7) is 3.45. The van der Waals surface area contributed by atoms with Crippen LogP contribution in [0.2, 0.25) is 5.02 Å². The maximum absolute atomic E-state index is 12.1. The lowest BCUT2D eigenvalue weighted by molar-refractivity contribution is -0.149. The fourth-order valence-electron chi connectivity index (χ4n) is 1.87. The number of benzene rings is 1. The zero-order valence-electron chi connectivity index (χ0n) is 13.3. The number of amides is 1. The molecule has 0 fully saturated rings. The van der Waals surface area contributed by atoms with Crippen LogP contribution in [0.3, 0.4) is 0 Å². The molecule has 7 heteroatoms. The van der Waals surface area contributed by atoms with Gasteiger partial charge in [-0.3, -0.25) is 4.79 Å². The molecule has 126 valence electrons. The van der Waals surface area contributed by atoms with E-state index in [-0.39, 0.29) is 5.82 Å². The summed E-state index contributed by atoms with van der Waals surface area (Å²) in [7, 11) is 0.